The zero-order valence-electron chi connectivity index (χ0n) is 14.3. The van der Waals surface area contributed by atoms with E-state index < -0.39 is 0 Å². The van der Waals surface area contributed by atoms with Crippen molar-refractivity contribution >= 4 is 23.2 Å². The van der Waals surface area contributed by atoms with Crippen LogP contribution in [-0.4, -0.2) is 12.8 Å². The first-order valence-electron chi connectivity index (χ1n) is 8.51. The van der Waals surface area contributed by atoms with Crippen LogP contribution in [0.3, 0.4) is 0 Å². The van der Waals surface area contributed by atoms with Crippen LogP contribution >= 0.6 is 0 Å². The largest absolute Gasteiger partial charge is 0.345 e. The van der Waals surface area contributed by atoms with Gasteiger partial charge in [-0.3, -0.25) is 4.99 Å². The van der Waals surface area contributed by atoms with Crippen molar-refractivity contribution in [3.63, 3.8) is 0 Å². The number of hydrogen-bond donors (Lipinski definition) is 0. The Balaban J connectivity index is 1.57. The molecule has 0 amide bonds. The van der Waals surface area contributed by atoms with Gasteiger partial charge in [0.05, 0.1) is 12.3 Å². The highest BCUT2D eigenvalue weighted by atomic mass is 15.1. The third kappa shape index (κ3) is 3.24. The number of para-hydroxylation sites is 1. The van der Waals surface area contributed by atoms with Gasteiger partial charge in [0.2, 0.25) is 0 Å². The molecule has 0 N–H and O–H groups in total. The maximum atomic E-state index is 4.70. The molecular weight excluding hydrogens is 304 g/mol. The van der Waals surface area contributed by atoms with Crippen molar-refractivity contribution in [2.45, 2.75) is 6.54 Å². The van der Waals surface area contributed by atoms with Crippen molar-refractivity contribution in [2.24, 2.45) is 4.99 Å². The summed E-state index contributed by atoms with van der Waals surface area (Å²) in [5.41, 5.74) is 7.15. The number of nitrogens with zero attached hydrogens (tertiary/aromatic N) is 2. The molecule has 4 rings (SSSR count). The van der Waals surface area contributed by atoms with Crippen LogP contribution in [0.2, 0.25) is 0 Å². The lowest BCUT2D eigenvalue weighted by Crippen LogP contribution is -2.09. The zero-order valence-corrected chi connectivity index (χ0v) is 14.3. The summed E-state index contributed by atoms with van der Waals surface area (Å²) in [6, 6.07) is 27.4. The molecular formula is C23H20N2. The Kier molecular flexibility index (Phi) is 4.17. The molecule has 0 aliphatic carbocycles. The number of aliphatic imine (C=N–C) groups is 1. The summed E-state index contributed by atoms with van der Waals surface area (Å²) < 4.78 is 0. The molecule has 3 aromatic rings. The molecule has 25 heavy (non-hydrogen) atoms. The second-order valence-electron chi connectivity index (χ2n) is 6.18. The number of rotatable bonds is 4. The average Bonchev–Trinajstić information content (AvgIpc) is 3.09. The van der Waals surface area contributed by atoms with E-state index in [0.717, 1.165) is 12.3 Å². The topological polar surface area (TPSA) is 15.6 Å². The van der Waals surface area contributed by atoms with Gasteiger partial charge in [-0.2, -0.15) is 0 Å². The van der Waals surface area contributed by atoms with Crippen LogP contribution in [0.4, 0.5) is 11.4 Å². The lowest BCUT2D eigenvalue weighted by Gasteiger charge is -2.20. The van der Waals surface area contributed by atoms with Crippen molar-refractivity contribution in [2.75, 3.05) is 11.9 Å². The molecule has 122 valence electrons. The molecule has 1 heterocycles. The fourth-order valence-corrected chi connectivity index (χ4v) is 3.11. The fourth-order valence-electron chi connectivity index (χ4n) is 3.11. The molecule has 0 radical (unpaired) electrons. The van der Waals surface area contributed by atoms with E-state index in [-0.39, 0.29) is 0 Å². The Labute approximate surface area is 148 Å². The van der Waals surface area contributed by atoms with E-state index in [9.17, 15) is 0 Å². The van der Waals surface area contributed by atoms with Gasteiger partial charge < -0.3 is 4.90 Å². The first kappa shape index (κ1) is 15.4. The maximum Gasteiger partial charge on any atom is 0.0654 e. The molecule has 1 aliphatic rings. The van der Waals surface area contributed by atoms with Crippen LogP contribution in [-0.2, 0) is 6.54 Å². The number of fused-ring (bicyclic) bond motifs is 1. The molecule has 2 heteroatoms. The average molecular weight is 324 g/mol. The van der Waals surface area contributed by atoms with Gasteiger partial charge in [-0.15, -0.1) is 0 Å². The first-order valence-corrected chi connectivity index (χ1v) is 8.51. The smallest absolute Gasteiger partial charge is 0.0654 e. The normalized spacial score (nSPS) is 12.9. The van der Waals surface area contributed by atoms with E-state index in [0.29, 0.717) is 0 Å². The van der Waals surface area contributed by atoms with E-state index in [1.807, 2.05) is 12.1 Å². The van der Waals surface area contributed by atoms with E-state index in [4.69, 9.17) is 4.99 Å². The highest BCUT2D eigenvalue weighted by Crippen LogP contribution is 2.29. The summed E-state index contributed by atoms with van der Waals surface area (Å²) in [6.07, 6.45) is 4.24. The Morgan fingerprint density at radius 1 is 0.800 bits per heavy atom. The minimum atomic E-state index is 0.750. The molecule has 0 atom stereocenters. The Hall–Kier alpha value is -3.13. The Bertz CT molecular complexity index is 925. The fraction of sp³-hybridized carbons (Fsp3) is 0.0870. The summed E-state index contributed by atoms with van der Waals surface area (Å²) >= 11 is 0. The Morgan fingerprint density at radius 3 is 2.28 bits per heavy atom. The standard InChI is InChI=1S/C23H20N2/c1-25(20-10-6-3-7-11-20)21-13-14-22-19(16-21)17-24-23(22)15-12-18-8-4-2-5-9-18/h2-16H,17H2,1H3/b15-12+. The lowest BCUT2D eigenvalue weighted by molar-refractivity contribution is 1.10. The van der Waals surface area contributed by atoms with Crippen LogP contribution in [0.25, 0.3) is 6.08 Å². The highest BCUT2D eigenvalue weighted by molar-refractivity contribution is 6.13. The van der Waals surface area contributed by atoms with Crippen LogP contribution in [0.15, 0.2) is 89.9 Å². The molecule has 0 bridgehead atoms. The van der Waals surface area contributed by atoms with Gasteiger partial charge >= 0.3 is 0 Å². The summed E-state index contributed by atoms with van der Waals surface area (Å²) in [5, 5.41) is 0. The van der Waals surface area contributed by atoms with Gasteiger partial charge in [-0.1, -0.05) is 60.7 Å². The third-order valence-corrected chi connectivity index (χ3v) is 4.55. The number of allylic oxidation sites excluding steroid dienone is 1. The minimum absolute atomic E-state index is 0.750. The summed E-state index contributed by atoms with van der Waals surface area (Å²) in [4.78, 5) is 6.91. The van der Waals surface area contributed by atoms with Crippen molar-refractivity contribution in [1.82, 2.24) is 0 Å². The van der Waals surface area contributed by atoms with Crippen LogP contribution < -0.4 is 4.90 Å². The number of hydrogen-bond acceptors (Lipinski definition) is 2. The third-order valence-electron chi connectivity index (χ3n) is 4.55. The van der Waals surface area contributed by atoms with Gasteiger partial charge in [0, 0.05) is 24.0 Å². The first-order chi connectivity index (χ1) is 12.3. The predicted octanol–water partition coefficient (Wildman–Crippen LogP) is 5.47. The second-order valence-corrected chi connectivity index (χ2v) is 6.18. The molecule has 0 aromatic heterocycles. The predicted molar refractivity (Wildman–Crippen MR) is 107 cm³/mol. The maximum absolute atomic E-state index is 4.70. The lowest BCUT2D eigenvalue weighted by atomic mass is 10.0. The van der Waals surface area contributed by atoms with Crippen LogP contribution in [0.5, 0.6) is 0 Å². The summed E-state index contributed by atoms with van der Waals surface area (Å²) in [7, 11) is 2.10. The quantitative estimate of drug-likeness (QED) is 0.621. The number of benzene rings is 3. The molecule has 0 saturated carbocycles. The van der Waals surface area contributed by atoms with E-state index in [1.165, 1.54) is 28.1 Å². The molecule has 3 aromatic carbocycles. The molecule has 1 aliphatic heterocycles. The second kappa shape index (κ2) is 6.78. The molecule has 0 saturated heterocycles. The van der Waals surface area contributed by atoms with Crippen molar-refractivity contribution in [3.05, 3.63) is 102 Å². The zero-order chi connectivity index (χ0) is 17.1. The van der Waals surface area contributed by atoms with Gasteiger partial charge in [0.25, 0.3) is 0 Å². The summed E-state index contributed by atoms with van der Waals surface area (Å²) in [5.74, 6) is 0. The Morgan fingerprint density at radius 2 is 1.52 bits per heavy atom. The van der Waals surface area contributed by atoms with Crippen LogP contribution in [0.1, 0.15) is 16.7 Å². The van der Waals surface area contributed by atoms with E-state index in [1.54, 1.807) is 0 Å². The van der Waals surface area contributed by atoms with Gasteiger partial charge in [-0.25, -0.2) is 0 Å². The summed E-state index contributed by atoms with van der Waals surface area (Å²) in [6.45, 7) is 0.750. The monoisotopic (exact) mass is 324 g/mol. The van der Waals surface area contributed by atoms with Crippen molar-refractivity contribution in [3.8, 4) is 0 Å². The van der Waals surface area contributed by atoms with Gasteiger partial charge in [-0.05, 0) is 41.5 Å². The minimum Gasteiger partial charge on any atom is -0.345 e. The molecule has 0 unspecified atom stereocenters. The van der Waals surface area contributed by atoms with Gasteiger partial charge in [0.1, 0.15) is 0 Å². The van der Waals surface area contributed by atoms with Crippen molar-refractivity contribution in [1.29, 1.82) is 0 Å². The molecule has 0 fully saturated rings. The van der Waals surface area contributed by atoms with Gasteiger partial charge in [0.15, 0.2) is 0 Å². The van der Waals surface area contributed by atoms with E-state index >= 15 is 0 Å². The molecule has 2 nitrogen and oxygen atoms in total. The van der Waals surface area contributed by atoms with Crippen molar-refractivity contribution < 1.29 is 0 Å². The number of anilines is 2. The SMILES string of the molecule is CN(c1ccccc1)c1ccc2c(c1)CN=C2/C=C/c1ccccc1. The highest BCUT2D eigenvalue weighted by Gasteiger charge is 2.15. The molecule has 0 spiro atoms. The van der Waals surface area contributed by atoms with E-state index in [2.05, 4.69) is 90.8 Å². The van der Waals surface area contributed by atoms with Crippen LogP contribution in [0, 0.1) is 0 Å².